The zero-order chi connectivity index (χ0) is 12.3. The third-order valence-corrected chi connectivity index (χ3v) is 2.36. The summed E-state index contributed by atoms with van der Waals surface area (Å²) in [6, 6.07) is 6.34. The molecule has 86 valence electrons. The summed E-state index contributed by atoms with van der Waals surface area (Å²) in [6.45, 7) is 0. The predicted octanol–water partition coefficient (Wildman–Crippen LogP) is 1.27. The lowest BCUT2D eigenvalue weighted by atomic mass is 10.1. The Morgan fingerprint density at radius 3 is 2.76 bits per heavy atom. The number of nitrogens with one attached hydrogen (secondary N) is 1. The minimum Gasteiger partial charge on any atom is -0.313 e. The van der Waals surface area contributed by atoms with Crippen molar-refractivity contribution in [2.45, 2.75) is 6.42 Å². The second-order valence-corrected chi connectivity index (χ2v) is 3.47. The van der Waals surface area contributed by atoms with Crippen LogP contribution in [0.4, 0.5) is 5.69 Å². The van der Waals surface area contributed by atoms with Gasteiger partial charge >= 0.3 is 0 Å². The van der Waals surface area contributed by atoms with E-state index in [0.717, 1.165) is 0 Å². The van der Waals surface area contributed by atoms with Gasteiger partial charge in [-0.25, -0.2) is 4.98 Å². The van der Waals surface area contributed by atoms with Gasteiger partial charge in [0.05, 0.1) is 11.3 Å². The van der Waals surface area contributed by atoms with Gasteiger partial charge in [-0.15, -0.1) is 0 Å². The first-order valence-corrected chi connectivity index (χ1v) is 4.92. The van der Waals surface area contributed by atoms with Gasteiger partial charge in [0.15, 0.2) is 0 Å². The van der Waals surface area contributed by atoms with Crippen LogP contribution in [0.1, 0.15) is 11.1 Å². The first-order chi connectivity index (χ1) is 8.18. The van der Waals surface area contributed by atoms with Crippen LogP contribution in [-0.2, 0) is 6.42 Å². The molecule has 0 fully saturated rings. The molecule has 2 aromatic rings. The fourth-order valence-corrected chi connectivity index (χ4v) is 1.54. The SMILES string of the molecule is O=c1[nH]cncc1Cc1ccccc1[N+](=O)[O-]. The summed E-state index contributed by atoms with van der Waals surface area (Å²) in [6.07, 6.45) is 2.89. The van der Waals surface area contributed by atoms with Crippen LogP contribution in [0, 0.1) is 10.1 Å². The van der Waals surface area contributed by atoms with Crippen molar-refractivity contribution in [1.29, 1.82) is 0 Å². The Morgan fingerprint density at radius 1 is 1.29 bits per heavy atom. The summed E-state index contributed by atoms with van der Waals surface area (Å²) >= 11 is 0. The van der Waals surface area contributed by atoms with Gasteiger partial charge in [-0.3, -0.25) is 14.9 Å². The molecule has 0 radical (unpaired) electrons. The lowest BCUT2D eigenvalue weighted by molar-refractivity contribution is -0.385. The smallest absolute Gasteiger partial charge is 0.272 e. The fourth-order valence-electron chi connectivity index (χ4n) is 1.54. The van der Waals surface area contributed by atoms with E-state index in [9.17, 15) is 14.9 Å². The van der Waals surface area contributed by atoms with Crippen molar-refractivity contribution < 1.29 is 4.92 Å². The zero-order valence-corrected chi connectivity index (χ0v) is 8.79. The fraction of sp³-hybridized carbons (Fsp3) is 0.0909. The highest BCUT2D eigenvalue weighted by Crippen LogP contribution is 2.19. The van der Waals surface area contributed by atoms with Crippen LogP contribution >= 0.6 is 0 Å². The predicted molar refractivity (Wildman–Crippen MR) is 60.8 cm³/mol. The largest absolute Gasteiger partial charge is 0.313 e. The molecule has 1 aromatic carbocycles. The minimum atomic E-state index is -0.458. The number of para-hydroxylation sites is 1. The number of aromatic amines is 1. The van der Waals surface area contributed by atoms with Crippen LogP contribution < -0.4 is 5.56 Å². The molecule has 1 N–H and O–H groups in total. The summed E-state index contributed by atoms with van der Waals surface area (Å²) in [5.41, 5.74) is 0.631. The van der Waals surface area contributed by atoms with E-state index in [1.54, 1.807) is 18.2 Å². The van der Waals surface area contributed by atoms with E-state index in [0.29, 0.717) is 11.1 Å². The molecule has 17 heavy (non-hydrogen) atoms. The van der Waals surface area contributed by atoms with Crippen molar-refractivity contribution in [3.05, 3.63) is 68.4 Å². The number of hydrogen-bond acceptors (Lipinski definition) is 4. The molecular weight excluding hydrogens is 222 g/mol. The highest BCUT2D eigenvalue weighted by atomic mass is 16.6. The van der Waals surface area contributed by atoms with E-state index < -0.39 is 4.92 Å². The number of hydrogen-bond donors (Lipinski definition) is 1. The van der Waals surface area contributed by atoms with Gasteiger partial charge < -0.3 is 4.98 Å². The Labute approximate surface area is 96.1 Å². The number of nitro benzene ring substituents is 1. The maximum absolute atomic E-state index is 11.4. The van der Waals surface area contributed by atoms with Crippen LogP contribution in [0.5, 0.6) is 0 Å². The third kappa shape index (κ3) is 2.36. The molecule has 1 aromatic heterocycles. The highest BCUT2D eigenvalue weighted by Gasteiger charge is 2.13. The molecule has 0 aliphatic heterocycles. The molecule has 0 saturated heterocycles. The topological polar surface area (TPSA) is 88.9 Å². The summed E-state index contributed by atoms with van der Waals surface area (Å²) in [5.74, 6) is 0. The first kappa shape index (κ1) is 11.0. The molecule has 0 bridgehead atoms. The van der Waals surface area contributed by atoms with E-state index in [4.69, 9.17) is 0 Å². The van der Waals surface area contributed by atoms with Crippen molar-refractivity contribution in [1.82, 2.24) is 9.97 Å². The van der Waals surface area contributed by atoms with Gasteiger partial charge in [-0.05, 0) is 0 Å². The molecule has 1 heterocycles. The zero-order valence-electron chi connectivity index (χ0n) is 8.79. The van der Waals surface area contributed by atoms with Crippen LogP contribution in [0.25, 0.3) is 0 Å². The standard InChI is InChI=1S/C11H9N3O3/c15-11-9(6-12-7-13-11)5-8-3-1-2-4-10(8)14(16)17/h1-4,6-7H,5H2,(H,12,13,15). The van der Waals surface area contributed by atoms with Gasteiger partial charge in [0.1, 0.15) is 0 Å². The summed E-state index contributed by atoms with van der Waals surface area (Å²) in [5, 5.41) is 10.8. The molecule has 0 atom stereocenters. The quantitative estimate of drug-likeness (QED) is 0.636. The molecule has 6 heteroatoms. The van der Waals surface area contributed by atoms with Crippen molar-refractivity contribution >= 4 is 5.69 Å². The van der Waals surface area contributed by atoms with Crippen molar-refractivity contribution in [3.63, 3.8) is 0 Å². The molecule has 6 nitrogen and oxygen atoms in total. The first-order valence-electron chi connectivity index (χ1n) is 4.92. The van der Waals surface area contributed by atoms with Gasteiger partial charge in [0.2, 0.25) is 0 Å². The van der Waals surface area contributed by atoms with Gasteiger partial charge in [0.25, 0.3) is 11.2 Å². The molecule has 0 saturated carbocycles. The van der Waals surface area contributed by atoms with Crippen LogP contribution in [0.2, 0.25) is 0 Å². The number of nitro groups is 1. The van der Waals surface area contributed by atoms with E-state index >= 15 is 0 Å². The van der Waals surface area contributed by atoms with E-state index in [1.807, 2.05) is 0 Å². The lowest BCUT2D eigenvalue weighted by Gasteiger charge is -2.01. The summed E-state index contributed by atoms with van der Waals surface area (Å²) < 4.78 is 0. The van der Waals surface area contributed by atoms with E-state index in [1.165, 1.54) is 18.6 Å². The number of benzene rings is 1. The number of rotatable bonds is 3. The Hall–Kier alpha value is -2.50. The van der Waals surface area contributed by atoms with E-state index in [2.05, 4.69) is 9.97 Å². The van der Waals surface area contributed by atoms with E-state index in [-0.39, 0.29) is 17.7 Å². The molecular formula is C11H9N3O3. The third-order valence-electron chi connectivity index (χ3n) is 2.36. The van der Waals surface area contributed by atoms with Gasteiger partial charge in [0, 0.05) is 29.8 Å². The van der Waals surface area contributed by atoms with Crippen LogP contribution in [0.15, 0.2) is 41.6 Å². The number of nitrogens with zero attached hydrogens (tertiary/aromatic N) is 2. The molecule has 0 unspecified atom stereocenters. The Balaban J connectivity index is 2.40. The minimum absolute atomic E-state index is 0.00996. The second-order valence-electron chi connectivity index (χ2n) is 3.47. The lowest BCUT2D eigenvalue weighted by Crippen LogP contribution is -2.13. The monoisotopic (exact) mass is 231 g/mol. The van der Waals surface area contributed by atoms with Crippen LogP contribution in [-0.4, -0.2) is 14.9 Å². The Morgan fingerprint density at radius 2 is 2.06 bits per heavy atom. The number of aromatic nitrogens is 2. The Kier molecular flexibility index (Phi) is 2.95. The number of H-pyrrole nitrogens is 1. The Bertz CT molecular complexity index is 607. The summed E-state index contributed by atoms with van der Waals surface area (Å²) in [4.78, 5) is 28.0. The maximum Gasteiger partial charge on any atom is 0.272 e. The maximum atomic E-state index is 11.4. The molecule has 0 aliphatic rings. The van der Waals surface area contributed by atoms with Crippen molar-refractivity contribution in [2.75, 3.05) is 0 Å². The van der Waals surface area contributed by atoms with Crippen molar-refractivity contribution in [2.24, 2.45) is 0 Å². The molecule has 0 spiro atoms. The second kappa shape index (κ2) is 4.56. The average molecular weight is 231 g/mol. The van der Waals surface area contributed by atoms with Gasteiger partial charge in [-0.1, -0.05) is 18.2 Å². The van der Waals surface area contributed by atoms with Gasteiger partial charge in [-0.2, -0.15) is 0 Å². The average Bonchev–Trinajstić information content (AvgIpc) is 2.32. The molecule has 0 amide bonds. The normalized spacial score (nSPS) is 10.1. The highest BCUT2D eigenvalue weighted by molar-refractivity contribution is 5.42. The van der Waals surface area contributed by atoms with Crippen molar-refractivity contribution in [3.8, 4) is 0 Å². The van der Waals surface area contributed by atoms with Crippen LogP contribution in [0.3, 0.4) is 0 Å². The summed E-state index contributed by atoms with van der Waals surface area (Å²) in [7, 11) is 0. The molecule has 2 rings (SSSR count). The molecule has 0 aliphatic carbocycles.